The second-order valence-corrected chi connectivity index (χ2v) is 7.21. The summed E-state index contributed by atoms with van der Waals surface area (Å²) in [7, 11) is 0. The summed E-state index contributed by atoms with van der Waals surface area (Å²) in [5.41, 5.74) is 0.638. The summed E-state index contributed by atoms with van der Waals surface area (Å²) >= 11 is 8.25. The maximum absolute atomic E-state index is 12.6. The molecule has 112 valence electrons. The van der Waals surface area contributed by atoms with Gasteiger partial charge in [-0.25, -0.2) is 0 Å². The molecule has 6 heteroatoms. The Morgan fingerprint density at radius 1 is 1.38 bits per heavy atom. The zero-order valence-electron chi connectivity index (χ0n) is 11.4. The molecule has 2 saturated heterocycles. The number of nitrogens with zero attached hydrogens (tertiary/aromatic N) is 1. The number of amides is 2. The highest BCUT2D eigenvalue weighted by atomic mass is 127. The van der Waals surface area contributed by atoms with Crippen LogP contribution in [0, 0.1) is 9.49 Å². The molecule has 3 rings (SSSR count). The van der Waals surface area contributed by atoms with Gasteiger partial charge in [0.1, 0.15) is 0 Å². The summed E-state index contributed by atoms with van der Waals surface area (Å²) in [5, 5.41) is 3.65. The molecule has 2 amide bonds. The zero-order chi connectivity index (χ0) is 15.0. The molecule has 21 heavy (non-hydrogen) atoms. The number of benzene rings is 1. The normalized spacial score (nSPS) is 25.2. The Hall–Kier alpha value is -0.820. The topological polar surface area (TPSA) is 49.4 Å². The first kappa shape index (κ1) is 15.1. The summed E-state index contributed by atoms with van der Waals surface area (Å²) < 4.78 is 0.944. The molecule has 0 spiro atoms. The fourth-order valence-corrected chi connectivity index (χ4v) is 3.62. The quantitative estimate of drug-likeness (QED) is 0.713. The third-order valence-corrected chi connectivity index (χ3v) is 5.85. The van der Waals surface area contributed by atoms with Crippen LogP contribution < -0.4 is 5.32 Å². The van der Waals surface area contributed by atoms with Crippen molar-refractivity contribution in [2.75, 3.05) is 13.1 Å². The van der Waals surface area contributed by atoms with E-state index in [0.29, 0.717) is 36.0 Å². The lowest BCUT2D eigenvalue weighted by atomic mass is 9.85. The first-order valence-electron chi connectivity index (χ1n) is 7.08. The Morgan fingerprint density at radius 3 is 2.95 bits per heavy atom. The maximum atomic E-state index is 12.6. The van der Waals surface area contributed by atoms with Crippen molar-refractivity contribution in [2.45, 2.75) is 25.3 Å². The fourth-order valence-electron chi connectivity index (χ4n) is 3.11. The maximum Gasteiger partial charge on any atom is 0.253 e. The highest BCUT2D eigenvalue weighted by Gasteiger charge is 2.35. The third-order valence-electron chi connectivity index (χ3n) is 4.28. The van der Waals surface area contributed by atoms with Crippen LogP contribution in [0.4, 0.5) is 0 Å². The highest BCUT2D eigenvalue weighted by molar-refractivity contribution is 14.1. The number of carbonyl (C=O) groups is 2. The molecule has 0 radical (unpaired) electrons. The minimum atomic E-state index is 0.0312. The Kier molecular flexibility index (Phi) is 4.40. The van der Waals surface area contributed by atoms with Gasteiger partial charge >= 0.3 is 0 Å². The number of nitrogens with one attached hydrogen (secondary N) is 1. The van der Waals surface area contributed by atoms with Gasteiger partial charge in [0.15, 0.2) is 0 Å². The highest BCUT2D eigenvalue weighted by Crippen LogP contribution is 2.27. The monoisotopic (exact) mass is 418 g/mol. The number of hydrogen-bond donors (Lipinski definition) is 1. The van der Waals surface area contributed by atoms with Crippen LogP contribution in [0.5, 0.6) is 0 Å². The summed E-state index contributed by atoms with van der Waals surface area (Å²) in [5.74, 6) is 0.545. The van der Waals surface area contributed by atoms with Crippen LogP contribution >= 0.6 is 34.2 Å². The lowest BCUT2D eigenvalue weighted by Gasteiger charge is -2.41. The molecule has 2 aliphatic rings. The first-order chi connectivity index (χ1) is 10.0. The minimum Gasteiger partial charge on any atom is -0.353 e. The largest absolute Gasteiger partial charge is 0.353 e. The number of rotatable bonds is 1. The average molecular weight is 419 g/mol. The van der Waals surface area contributed by atoms with Crippen molar-refractivity contribution in [1.82, 2.24) is 10.2 Å². The van der Waals surface area contributed by atoms with Gasteiger partial charge in [-0.1, -0.05) is 11.6 Å². The van der Waals surface area contributed by atoms with Gasteiger partial charge in [0.25, 0.3) is 5.91 Å². The van der Waals surface area contributed by atoms with Crippen molar-refractivity contribution in [3.63, 3.8) is 0 Å². The second-order valence-electron chi connectivity index (χ2n) is 5.64. The second kappa shape index (κ2) is 6.12. The van der Waals surface area contributed by atoms with E-state index in [1.165, 1.54) is 0 Å². The van der Waals surface area contributed by atoms with Crippen LogP contribution in [-0.2, 0) is 4.79 Å². The van der Waals surface area contributed by atoms with Crippen molar-refractivity contribution in [3.05, 3.63) is 32.4 Å². The molecular formula is C15H16ClIN2O2. The van der Waals surface area contributed by atoms with E-state index in [9.17, 15) is 9.59 Å². The van der Waals surface area contributed by atoms with Crippen LogP contribution in [-0.4, -0.2) is 35.8 Å². The van der Waals surface area contributed by atoms with E-state index in [1.807, 2.05) is 17.0 Å². The number of hydrogen-bond acceptors (Lipinski definition) is 2. The van der Waals surface area contributed by atoms with Gasteiger partial charge in [0.05, 0.1) is 5.02 Å². The number of likely N-dealkylation sites (tertiary alicyclic amines) is 1. The first-order valence-corrected chi connectivity index (χ1v) is 8.54. The molecule has 1 aromatic carbocycles. The molecule has 2 atom stereocenters. The van der Waals surface area contributed by atoms with Crippen LogP contribution in [0.25, 0.3) is 0 Å². The van der Waals surface area contributed by atoms with E-state index in [4.69, 9.17) is 11.6 Å². The lowest BCUT2D eigenvalue weighted by Crippen LogP contribution is -2.55. The van der Waals surface area contributed by atoms with Crippen LogP contribution in [0.1, 0.15) is 29.6 Å². The van der Waals surface area contributed by atoms with Crippen molar-refractivity contribution in [3.8, 4) is 0 Å². The number of fused-ring (bicyclic) bond motifs is 1. The predicted molar refractivity (Wildman–Crippen MR) is 89.3 cm³/mol. The van der Waals surface area contributed by atoms with Crippen molar-refractivity contribution in [1.29, 1.82) is 0 Å². The van der Waals surface area contributed by atoms with Crippen molar-refractivity contribution < 1.29 is 9.59 Å². The van der Waals surface area contributed by atoms with Gasteiger partial charge in [0, 0.05) is 34.7 Å². The molecule has 2 unspecified atom stereocenters. The SMILES string of the molecule is O=C1CCC2CN(C(=O)c3ccc(I)c(Cl)c3)CCC2N1. The van der Waals surface area contributed by atoms with E-state index in [1.54, 1.807) is 6.07 Å². The number of piperidine rings is 2. The Morgan fingerprint density at radius 2 is 2.19 bits per heavy atom. The average Bonchev–Trinajstić information content (AvgIpc) is 2.49. The predicted octanol–water partition coefficient (Wildman–Crippen LogP) is 2.69. The minimum absolute atomic E-state index is 0.0312. The van der Waals surface area contributed by atoms with Crippen LogP contribution in [0.3, 0.4) is 0 Å². The van der Waals surface area contributed by atoms with E-state index in [-0.39, 0.29) is 17.9 Å². The molecule has 0 bridgehead atoms. The van der Waals surface area contributed by atoms with Gasteiger partial charge < -0.3 is 10.2 Å². The van der Waals surface area contributed by atoms with Crippen molar-refractivity contribution in [2.24, 2.45) is 5.92 Å². The van der Waals surface area contributed by atoms with Gasteiger partial charge in [-0.05, 0) is 59.5 Å². The van der Waals surface area contributed by atoms with E-state index >= 15 is 0 Å². The van der Waals surface area contributed by atoms with Crippen LogP contribution in [0.2, 0.25) is 5.02 Å². The molecular weight excluding hydrogens is 403 g/mol. The van der Waals surface area contributed by atoms with E-state index in [0.717, 1.165) is 16.4 Å². The van der Waals surface area contributed by atoms with Crippen molar-refractivity contribution >= 4 is 46.0 Å². The fraction of sp³-hybridized carbons (Fsp3) is 0.467. The summed E-state index contributed by atoms with van der Waals surface area (Å²) in [6.45, 7) is 1.40. The molecule has 0 aliphatic carbocycles. The number of halogens is 2. The smallest absolute Gasteiger partial charge is 0.253 e. The third kappa shape index (κ3) is 3.18. The molecule has 2 aliphatic heterocycles. The Balaban J connectivity index is 1.71. The van der Waals surface area contributed by atoms with Gasteiger partial charge in [-0.15, -0.1) is 0 Å². The molecule has 1 aromatic rings. The Labute approximate surface area is 142 Å². The van der Waals surface area contributed by atoms with Gasteiger partial charge in [-0.2, -0.15) is 0 Å². The van der Waals surface area contributed by atoms with Crippen LogP contribution in [0.15, 0.2) is 18.2 Å². The van der Waals surface area contributed by atoms with Gasteiger partial charge in [0.2, 0.25) is 5.91 Å². The van der Waals surface area contributed by atoms with E-state index < -0.39 is 0 Å². The molecule has 0 saturated carbocycles. The van der Waals surface area contributed by atoms with Gasteiger partial charge in [-0.3, -0.25) is 9.59 Å². The summed E-state index contributed by atoms with van der Waals surface area (Å²) in [6, 6.07) is 5.66. The lowest BCUT2D eigenvalue weighted by molar-refractivity contribution is -0.125. The molecule has 2 fully saturated rings. The van der Waals surface area contributed by atoms with E-state index in [2.05, 4.69) is 27.9 Å². The molecule has 4 nitrogen and oxygen atoms in total. The summed E-state index contributed by atoms with van der Waals surface area (Å²) in [4.78, 5) is 25.9. The standard InChI is InChI=1S/C15H16ClIN2O2/c16-11-7-9(1-3-12(11)17)15(21)19-6-5-13-10(8-19)2-4-14(20)18-13/h1,3,7,10,13H,2,4-6,8H2,(H,18,20). The molecule has 2 heterocycles. The molecule has 0 aromatic heterocycles. The number of carbonyl (C=O) groups excluding carboxylic acids is 2. The molecule has 1 N–H and O–H groups in total. The zero-order valence-corrected chi connectivity index (χ0v) is 14.4. The summed E-state index contributed by atoms with van der Waals surface area (Å²) in [6.07, 6.45) is 2.27. The Bertz CT molecular complexity index is 593.